The highest BCUT2D eigenvalue weighted by molar-refractivity contribution is 7.89. The van der Waals surface area contributed by atoms with E-state index in [1.165, 1.54) is 23.5 Å². The maximum atomic E-state index is 13.0. The van der Waals surface area contributed by atoms with Crippen molar-refractivity contribution in [2.45, 2.75) is 17.9 Å². The van der Waals surface area contributed by atoms with Gasteiger partial charge in [-0.15, -0.1) is 0 Å². The second-order valence-electron chi connectivity index (χ2n) is 5.72. The fraction of sp³-hybridized carbons (Fsp3) is 0.467. The van der Waals surface area contributed by atoms with Crippen LogP contribution in [0.2, 0.25) is 0 Å². The van der Waals surface area contributed by atoms with Gasteiger partial charge in [-0.1, -0.05) is 0 Å². The van der Waals surface area contributed by atoms with Crippen molar-refractivity contribution >= 4 is 22.0 Å². The van der Waals surface area contributed by atoms with E-state index < -0.39 is 33.9 Å². The highest BCUT2D eigenvalue weighted by Gasteiger charge is 2.34. The van der Waals surface area contributed by atoms with Crippen molar-refractivity contribution in [1.29, 1.82) is 0 Å². The molecule has 1 aromatic carbocycles. The van der Waals surface area contributed by atoms with Crippen molar-refractivity contribution in [3.05, 3.63) is 30.1 Å². The molecule has 8 nitrogen and oxygen atoms in total. The molecule has 0 spiro atoms. The van der Waals surface area contributed by atoms with Gasteiger partial charge in [0.1, 0.15) is 5.82 Å². The van der Waals surface area contributed by atoms with E-state index in [2.05, 4.69) is 10.1 Å². The number of methoxy groups -OCH3 is 1. The summed E-state index contributed by atoms with van der Waals surface area (Å²) in [6.45, 7) is 2.94. The van der Waals surface area contributed by atoms with Gasteiger partial charge in [-0.25, -0.2) is 17.6 Å². The average molecular weight is 374 g/mol. The Morgan fingerprint density at radius 3 is 2.32 bits per heavy atom. The number of halogens is 1. The van der Waals surface area contributed by atoms with Crippen LogP contribution < -0.4 is 10.2 Å². The highest BCUT2D eigenvalue weighted by atomic mass is 32.2. The first-order valence-corrected chi connectivity index (χ1v) is 9.19. The maximum Gasteiger partial charge on any atom is 0.413 e. The van der Waals surface area contributed by atoms with E-state index in [1.807, 2.05) is 0 Å². The van der Waals surface area contributed by atoms with Gasteiger partial charge in [0, 0.05) is 0 Å². The Balaban J connectivity index is 1.98. The molecule has 1 aliphatic heterocycles. The smallest absolute Gasteiger partial charge is 0.413 e. The van der Waals surface area contributed by atoms with Crippen molar-refractivity contribution < 1.29 is 32.0 Å². The van der Waals surface area contributed by atoms with Crippen molar-refractivity contribution in [1.82, 2.24) is 9.62 Å². The van der Waals surface area contributed by atoms with Gasteiger partial charge in [0.2, 0.25) is 10.0 Å². The van der Waals surface area contributed by atoms with Crippen LogP contribution in [0.5, 0.6) is 0 Å². The number of alkyl carbamates (subject to hydrolysis) is 1. The number of amides is 2. The van der Waals surface area contributed by atoms with Gasteiger partial charge < -0.3 is 9.64 Å². The summed E-state index contributed by atoms with van der Waals surface area (Å²) >= 11 is 0. The van der Waals surface area contributed by atoms with Crippen LogP contribution in [0, 0.1) is 5.82 Å². The first-order valence-electron chi connectivity index (χ1n) is 7.75. The van der Waals surface area contributed by atoms with Gasteiger partial charge >= 0.3 is 6.09 Å². The van der Waals surface area contributed by atoms with E-state index in [4.69, 9.17) is 0 Å². The summed E-state index contributed by atoms with van der Waals surface area (Å²) in [7, 11) is -2.53. The van der Waals surface area contributed by atoms with Gasteiger partial charge in [0.25, 0.3) is 5.91 Å². The average Bonchev–Trinajstić information content (AvgIpc) is 2.61. The second-order valence-corrected chi connectivity index (χ2v) is 7.66. The van der Waals surface area contributed by atoms with E-state index in [9.17, 15) is 22.4 Å². The summed E-state index contributed by atoms with van der Waals surface area (Å²) in [6.07, 6.45) is -0.825. The summed E-state index contributed by atoms with van der Waals surface area (Å²) < 4.78 is 43.8. The zero-order chi connectivity index (χ0) is 18.6. The van der Waals surface area contributed by atoms with E-state index in [-0.39, 0.29) is 18.0 Å². The van der Waals surface area contributed by atoms with E-state index in [0.29, 0.717) is 13.1 Å². The van der Waals surface area contributed by atoms with Crippen LogP contribution in [0.4, 0.5) is 9.18 Å². The standard InChI is InChI=1S/C15H20FN3O5S/c1-11(14(20)17-15(21)24-2)18-7-9-19(10-8-18)25(22,23)13-5-3-12(16)4-6-13/h3-6,11H,7-10H2,1-2H3,(H,17,20,21)/p+1/t11-/m1/s1. The number of rotatable bonds is 4. The lowest BCUT2D eigenvalue weighted by Gasteiger charge is -2.34. The largest absolute Gasteiger partial charge is 0.453 e. The number of hydrogen-bond acceptors (Lipinski definition) is 5. The Labute approximate surface area is 145 Å². The molecule has 0 bridgehead atoms. The molecule has 1 saturated heterocycles. The molecule has 1 atom stereocenters. The number of benzene rings is 1. The van der Waals surface area contributed by atoms with Crippen LogP contribution in [0.25, 0.3) is 0 Å². The summed E-state index contributed by atoms with van der Waals surface area (Å²) in [5, 5.41) is 2.11. The summed E-state index contributed by atoms with van der Waals surface area (Å²) in [4.78, 5) is 23.9. The Kier molecular flexibility index (Phi) is 6.09. The fourth-order valence-electron chi connectivity index (χ4n) is 2.65. The normalized spacial score (nSPS) is 17.7. The fourth-order valence-corrected chi connectivity index (χ4v) is 4.09. The predicted molar refractivity (Wildman–Crippen MR) is 85.9 cm³/mol. The van der Waals surface area contributed by atoms with E-state index >= 15 is 0 Å². The predicted octanol–water partition coefficient (Wildman–Crippen LogP) is -1.01. The van der Waals surface area contributed by atoms with Crippen LogP contribution in [0.15, 0.2) is 29.2 Å². The Morgan fingerprint density at radius 1 is 1.24 bits per heavy atom. The summed E-state index contributed by atoms with van der Waals surface area (Å²) in [6, 6.07) is 4.16. The number of quaternary nitrogens is 1. The molecular formula is C15H21FN3O5S+. The summed E-state index contributed by atoms with van der Waals surface area (Å²) in [5.74, 6) is -0.977. The van der Waals surface area contributed by atoms with Crippen LogP contribution in [0.3, 0.4) is 0 Å². The molecule has 2 N–H and O–H groups in total. The molecular weight excluding hydrogens is 353 g/mol. The number of carbonyl (C=O) groups excluding carboxylic acids is 2. The van der Waals surface area contributed by atoms with Crippen molar-refractivity contribution in [3.63, 3.8) is 0 Å². The Bertz CT molecular complexity index is 730. The van der Waals surface area contributed by atoms with Crippen LogP contribution in [-0.2, 0) is 19.6 Å². The number of carbonyl (C=O) groups is 2. The summed E-state index contributed by atoms with van der Waals surface area (Å²) in [5.41, 5.74) is 0. The Hall–Kier alpha value is -2.04. The van der Waals surface area contributed by atoms with Gasteiger partial charge in [0.15, 0.2) is 6.04 Å². The maximum absolute atomic E-state index is 13.0. The second kappa shape index (κ2) is 7.89. The van der Waals surface area contributed by atoms with Crippen LogP contribution in [0.1, 0.15) is 6.92 Å². The van der Waals surface area contributed by atoms with Crippen molar-refractivity contribution in [3.8, 4) is 0 Å². The third-order valence-corrected chi connectivity index (χ3v) is 6.15. The molecule has 1 aliphatic rings. The van der Waals surface area contributed by atoms with E-state index in [0.717, 1.165) is 17.0 Å². The lowest BCUT2D eigenvalue weighted by atomic mass is 10.2. The number of sulfonamides is 1. The number of nitrogens with zero attached hydrogens (tertiary/aromatic N) is 1. The Morgan fingerprint density at radius 2 is 1.80 bits per heavy atom. The minimum atomic E-state index is -3.69. The molecule has 138 valence electrons. The lowest BCUT2D eigenvalue weighted by molar-refractivity contribution is -0.917. The first kappa shape index (κ1) is 19.3. The molecule has 0 aromatic heterocycles. The molecule has 0 saturated carbocycles. The minimum absolute atomic E-state index is 0.0360. The molecule has 25 heavy (non-hydrogen) atoms. The van der Waals surface area contributed by atoms with Crippen molar-refractivity contribution in [2.75, 3.05) is 33.3 Å². The number of nitrogens with one attached hydrogen (secondary N) is 2. The number of hydrogen-bond donors (Lipinski definition) is 2. The highest BCUT2D eigenvalue weighted by Crippen LogP contribution is 2.16. The topological polar surface area (TPSA) is 97.2 Å². The molecule has 1 heterocycles. The molecule has 0 aliphatic carbocycles. The van der Waals surface area contributed by atoms with Crippen LogP contribution in [-0.4, -0.2) is 64.1 Å². The molecule has 10 heteroatoms. The number of imide groups is 1. The first-order chi connectivity index (χ1) is 11.8. The molecule has 0 radical (unpaired) electrons. The quantitative estimate of drug-likeness (QED) is 0.704. The molecule has 0 unspecified atom stereocenters. The van der Waals surface area contributed by atoms with Gasteiger partial charge in [-0.3, -0.25) is 10.1 Å². The SMILES string of the molecule is COC(=O)NC(=O)[C@@H](C)[NH+]1CCN(S(=O)(=O)c2ccc(F)cc2)CC1. The van der Waals surface area contributed by atoms with Gasteiger partial charge in [0.05, 0.1) is 38.2 Å². The third kappa shape index (κ3) is 4.53. The molecule has 2 rings (SSSR count). The van der Waals surface area contributed by atoms with Crippen LogP contribution >= 0.6 is 0 Å². The molecule has 1 aromatic rings. The minimum Gasteiger partial charge on any atom is -0.453 e. The zero-order valence-electron chi connectivity index (χ0n) is 14.0. The number of ether oxygens (including phenoxy) is 1. The van der Waals surface area contributed by atoms with Crippen molar-refractivity contribution in [2.24, 2.45) is 0 Å². The van der Waals surface area contributed by atoms with Gasteiger partial charge in [-0.2, -0.15) is 4.31 Å². The zero-order valence-corrected chi connectivity index (χ0v) is 14.8. The number of piperazine rings is 1. The van der Waals surface area contributed by atoms with E-state index in [1.54, 1.807) is 6.92 Å². The monoisotopic (exact) mass is 374 g/mol. The lowest BCUT2D eigenvalue weighted by Crippen LogP contribution is -3.19. The third-order valence-electron chi connectivity index (χ3n) is 4.23. The van der Waals surface area contributed by atoms with Gasteiger partial charge in [-0.05, 0) is 31.2 Å². The molecule has 2 amide bonds. The molecule has 1 fully saturated rings.